The molecule has 1 fully saturated rings. The molecule has 0 spiro atoms. The normalized spacial score (nSPS) is 17.2. The molecule has 1 unspecified atom stereocenters. The van der Waals surface area contributed by atoms with Crippen molar-refractivity contribution in [2.45, 2.75) is 5.37 Å². The first kappa shape index (κ1) is 17.3. The maximum absolute atomic E-state index is 12.5. The van der Waals surface area contributed by atoms with Gasteiger partial charge < -0.3 is 5.73 Å². The Balaban J connectivity index is 1.83. The van der Waals surface area contributed by atoms with Gasteiger partial charge in [0.15, 0.2) is 0 Å². The van der Waals surface area contributed by atoms with Gasteiger partial charge in [0.25, 0.3) is 11.8 Å². The number of carbonyl (C=O) groups is 2. The molecular formula is C16H13Br2N3O2S. The number of hydrogen-bond donors (Lipinski definition) is 2. The van der Waals surface area contributed by atoms with Crippen LogP contribution in [0.15, 0.2) is 51.4 Å². The molecule has 1 aliphatic rings. The lowest BCUT2D eigenvalue weighted by molar-refractivity contribution is -0.130. The monoisotopic (exact) mass is 469 g/mol. The van der Waals surface area contributed by atoms with Gasteiger partial charge in [0.05, 0.1) is 11.4 Å². The molecule has 5 nitrogen and oxygen atoms in total. The minimum atomic E-state index is -0.367. The summed E-state index contributed by atoms with van der Waals surface area (Å²) in [6, 6.07) is 12.9. The van der Waals surface area contributed by atoms with Gasteiger partial charge in [0, 0.05) is 14.5 Å². The fourth-order valence-electron chi connectivity index (χ4n) is 2.30. The fraction of sp³-hybridized carbons (Fsp3) is 0.125. The molecule has 3 rings (SSSR count). The lowest BCUT2D eigenvalue weighted by Gasteiger charge is -2.24. The number of amides is 2. The summed E-state index contributed by atoms with van der Waals surface area (Å²) in [7, 11) is 0. The maximum atomic E-state index is 12.5. The number of hydrogen-bond acceptors (Lipinski definition) is 4. The molecule has 2 amide bonds. The number of rotatable bonds is 3. The zero-order valence-electron chi connectivity index (χ0n) is 12.3. The lowest BCUT2D eigenvalue weighted by Crippen LogP contribution is -2.44. The maximum Gasteiger partial charge on any atom is 0.269 e. The van der Waals surface area contributed by atoms with Crippen LogP contribution >= 0.6 is 43.6 Å². The van der Waals surface area contributed by atoms with E-state index >= 15 is 0 Å². The van der Waals surface area contributed by atoms with Gasteiger partial charge in [-0.25, -0.2) is 5.01 Å². The molecule has 1 heterocycles. The van der Waals surface area contributed by atoms with Gasteiger partial charge in [-0.1, -0.05) is 30.3 Å². The van der Waals surface area contributed by atoms with E-state index in [1.54, 1.807) is 12.1 Å². The Morgan fingerprint density at radius 3 is 2.46 bits per heavy atom. The van der Waals surface area contributed by atoms with Crippen LogP contribution in [0.5, 0.6) is 0 Å². The van der Waals surface area contributed by atoms with Gasteiger partial charge in [-0.05, 0) is 49.6 Å². The molecule has 24 heavy (non-hydrogen) atoms. The van der Waals surface area contributed by atoms with Crippen molar-refractivity contribution in [2.75, 3.05) is 11.5 Å². The molecule has 124 valence electrons. The third-order valence-corrected chi connectivity index (χ3v) is 6.04. The van der Waals surface area contributed by atoms with Crippen molar-refractivity contribution < 1.29 is 9.59 Å². The Morgan fingerprint density at radius 2 is 1.83 bits per heavy atom. The molecule has 1 atom stereocenters. The second kappa shape index (κ2) is 7.16. The van der Waals surface area contributed by atoms with E-state index in [-0.39, 0.29) is 17.2 Å². The summed E-state index contributed by atoms with van der Waals surface area (Å²) in [6.45, 7) is 0. The number of nitrogen functional groups attached to an aromatic ring is 1. The predicted molar refractivity (Wildman–Crippen MR) is 102 cm³/mol. The summed E-state index contributed by atoms with van der Waals surface area (Å²) in [5, 5.41) is 1.16. The number of nitrogens with two attached hydrogens (primary N) is 1. The van der Waals surface area contributed by atoms with E-state index < -0.39 is 0 Å². The number of benzene rings is 2. The minimum Gasteiger partial charge on any atom is -0.397 e. The second-order valence-electron chi connectivity index (χ2n) is 5.13. The van der Waals surface area contributed by atoms with Gasteiger partial charge in [0.2, 0.25) is 0 Å². The summed E-state index contributed by atoms with van der Waals surface area (Å²) >= 11 is 8.12. The highest BCUT2D eigenvalue weighted by molar-refractivity contribution is 9.11. The van der Waals surface area contributed by atoms with Crippen LogP contribution in [0.2, 0.25) is 0 Å². The zero-order valence-corrected chi connectivity index (χ0v) is 16.3. The molecular weight excluding hydrogens is 458 g/mol. The summed E-state index contributed by atoms with van der Waals surface area (Å²) < 4.78 is 1.23. The van der Waals surface area contributed by atoms with Crippen LogP contribution in [0.25, 0.3) is 0 Å². The Bertz CT molecular complexity index is 778. The summed E-state index contributed by atoms with van der Waals surface area (Å²) in [4.78, 5) is 24.7. The van der Waals surface area contributed by atoms with Gasteiger partial charge >= 0.3 is 0 Å². The van der Waals surface area contributed by atoms with Crippen molar-refractivity contribution >= 4 is 61.1 Å². The quantitative estimate of drug-likeness (QED) is 0.670. The summed E-state index contributed by atoms with van der Waals surface area (Å²) in [5.41, 5.74) is 10.4. The Hall–Kier alpha value is -1.51. The number of nitrogens with one attached hydrogen (secondary N) is 1. The van der Waals surface area contributed by atoms with Gasteiger partial charge in [-0.3, -0.25) is 15.0 Å². The Morgan fingerprint density at radius 1 is 1.21 bits per heavy atom. The predicted octanol–water partition coefficient (Wildman–Crippen LogP) is 3.71. The van der Waals surface area contributed by atoms with Crippen molar-refractivity contribution in [1.29, 1.82) is 0 Å². The average molecular weight is 471 g/mol. The van der Waals surface area contributed by atoms with Crippen molar-refractivity contribution in [3.05, 3.63) is 62.5 Å². The van der Waals surface area contributed by atoms with Crippen LogP contribution in [0, 0.1) is 0 Å². The lowest BCUT2D eigenvalue weighted by atomic mass is 10.2. The molecule has 1 aliphatic heterocycles. The number of thioether (sulfide) groups is 1. The highest BCUT2D eigenvalue weighted by atomic mass is 79.9. The first-order valence-corrected chi connectivity index (χ1v) is 9.65. The average Bonchev–Trinajstić information content (AvgIpc) is 2.93. The SMILES string of the molecule is Nc1c(Br)cc(C(=O)NN2C(=O)CSC2c2ccccc2)cc1Br. The van der Waals surface area contributed by atoms with Crippen molar-refractivity contribution in [3.8, 4) is 0 Å². The first-order valence-electron chi connectivity index (χ1n) is 7.01. The molecule has 0 aromatic heterocycles. The zero-order chi connectivity index (χ0) is 17.3. The van der Waals surface area contributed by atoms with Gasteiger partial charge in [0.1, 0.15) is 5.37 Å². The second-order valence-corrected chi connectivity index (χ2v) is 7.91. The van der Waals surface area contributed by atoms with Crippen molar-refractivity contribution in [1.82, 2.24) is 10.4 Å². The molecule has 1 saturated heterocycles. The standard InChI is InChI=1S/C16H13Br2N3O2S/c17-11-6-10(7-12(18)14(11)19)15(23)20-21-13(22)8-24-16(21)9-4-2-1-3-5-9/h1-7,16H,8,19H2,(H,20,23). The van der Waals surface area contributed by atoms with Crippen LogP contribution in [0.1, 0.15) is 21.3 Å². The molecule has 2 aromatic rings. The molecule has 3 N–H and O–H groups in total. The van der Waals surface area contributed by atoms with E-state index in [4.69, 9.17) is 5.73 Å². The molecule has 0 bridgehead atoms. The highest BCUT2D eigenvalue weighted by Crippen LogP contribution is 2.37. The Kier molecular flexibility index (Phi) is 5.17. The number of nitrogens with zero attached hydrogens (tertiary/aromatic N) is 1. The Labute approximate surface area is 160 Å². The van der Waals surface area contributed by atoms with Crippen LogP contribution in [-0.4, -0.2) is 22.6 Å². The molecule has 0 aliphatic carbocycles. The van der Waals surface area contributed by atoms with E-state index in [9.17, 15) is 9.59 Å². The van der Waals surface area contributed by atoms with Gasteiger partial charge in [-0.15, -0.1) is 11.8 Å². The minimum absolute atomic E-state index is 0.129. The van der Waals surface area contributed by atoms with E-state index in [1.807, 2.05) is 30.3 Å². The van der Waals surface area contributed by atoms with Crippen molar-refractivity contribution in [2.24, 2.45) is 0 Å². The van der Waals surface area contributed by atoms with E-state index in [2.05, 4.69) is 37.3 Å². The molecule has 0 radical (unpaired) electrons. The first-order chi connectivity index (χ1) is 11.5. The molecule has 0 saturated carbocycles. The summed E-state index contributed by atoms with van der Waals surface area (Å²) in [5.74, 6) is -0.168. The van der Waals surface area contributed by atoms with Crippen LogP contribution in [-0.2, 0) is 4.79 Å². The summed E-state index contributed by atoms with van der Waals surface area (Å²) in [6.07, 6.45) is 0. The number of halogens is 2. The van der Waals surface area contributed by atoms with Gasteiger partial charge in [-0.2, -0.15) is 0 Å². The number of carbonyl (C=O) groups excluding carboxylic acids is 2. The van der Waals surface area contributed by atoms with E-state index in [0.29, 0.717) is 25.9 Å². The smallest absolute Gasteiger partial charge is 0.269 e. The number of hydrazine groups is 1. The third kappa shape index (κ3) is 3.45. The number of anilines is 1. The fourth-order valence-corrected chi connectivity index (χ4v) is 4.59. The van der Waals surface area contributed by atoms with E-state index in [0.717, 1.165) is 5.56 Å². The topological polar surface area (TPSA) is 75.4 Å². The largest absolute Gasteiger partial charge is 0.397 e. The van der Waals surface area contributed by atoms with Crippen LogP contribution in [0.3, 0.4) is 0 Å². The third-order valence-electron chi connectivity index (χ3n) is 3.52. The van der Waals surface area contributed by atoms with E-state index in [1.165, 1.54) is 16.8 Å². The molecule has 2 aromatic carbocycles. The molecule has 8 heteroatoms. The van der Waals surface area contributed by atoms with Crippen LogP contribution < -0.4 is 11.2 Å². The highest BCUT2D eigenvalue weighted by Gasteiger charge is 2.34. The van der Waals surface area contributed by atoms with Crippen LogP contribution in [0.4, 0.5) is 5.69 Å². The van der Waals surface area contributed by atoms with Crippen molar-refractivity contribution in [3.63, 3.8) is 0 Å².